The standard InChI is InChI=1S/C12H10N2OS/c1-10(15)12-6-5-11(16-12)4-2-8-14-9-3-7-13-14/h3,5-7,9H,8H2,1H3. The molecule has 0 aliphatic rings. The molecule has 0 saturated heterocycles. The van der Waals surface area contributed by atoms with Crippen LogP contribution in [0.3, 0.4) is 0 Å². The molecule has 3 nitrogen and oxygen atoms in total. The maximum atomic E-state index is 11.1. The number of hydrogen-bond acceptors (Lipinski definition) is 3. The van der Waals surface area contributed by atoms with E-state index in [1.165, 1.54) is 11.3 Å². The summed E-state index contributed by atoms with van der Waals surface area (Å²) in [7, 11) is 0. The summed E-state index contributed by atoms with van der Waals surface area (Å²) in [5, 5.41) is 4.04. The van der Waals surface area contributed by atoms with Crippen molar-refractivity contribution in [2.24, 2.45) is 0 Å². The first-order valence-electron chi connectivity index (χ1n) is 4.83. The van der Waals surface area contributed by atoms with Crippen molar-refractivity contribution in [3.8, 4) is 11.8 Å². The lowest BCUT2D eigenvalue weighted by Gasteiger charge is -1.89. The Balaban J connectivity index is 2.03. The monoisotopic (exact) mass is 230 g/mol. The number of rotatable bonds is 2. The van der Waals surface area contributed by atoms with Gasteiger partial charge in [-0.05, 0) is 25.1 Å². The van der Waals surface area contributed by atoms with Crippen LogP contribution in [-0.2, 0) is 6.54 Å². The first kappa shape index (κ1) is 10.7. The van der Waals surface area contributed by atoms with E-state index in [1.807, 2.05) is 24.4 Å². The lowest BCUT2D eigenvalue weighted by atomic mass is 10.3. The van der Waals surface area contributed by atoms with Crippen molar-refractivity contribution in [3.63, 3.8) is 0 Å². The topological polar surface area (TPSA) is 34.9 Å². The van der Waals surface area contributed by atoms with Crippen LogP contribution in [0.1, 0.15) is 21.5 Å². The van der Waals surface area contributed by atoms with E-state index in [-0.39, 0.29) is 5.78 Å². The smallest absolute Gasteiger partial charge is 0.169 e. The molecule has 0 amide bonds. The van der Waals surface area contributed by atoms with Crippen LogP contribution in [0.25, 0.3) is 0 Å². The molecule has 0 aliphatic carbocycles. The van der Waals surface area contributed by atoms with Crippen LogP contribution in [0.5, 0.6) is 0 Å². The van der Waals surface area contributed by atoms with Crippen LogP contribution in [0.15, 0.2) is 30.6 Å². The van der Waals surface area contributed by atoms with Crippen LogP contribution >= 0.6 is 11.3 Å². The zero-order valence-electron chi connectivity index (χ0n) is 8.80. The van der Waals surface area contributed by atoms with Gasteiger partial charge in [-0.2, -0.15) is 5.10 Å². The number of carbonyl (C=O) groups excluding carboxylic acids is 1. The molecule has 0 N–H and O–H groups in total. The Morgan fingerprint density at radius 3 is 3.06 bits per heavy atom. The van der Waals surface area contributed by atoms with Crippen LogP contribution < -0.4 is 0 Å². The van der Waals surface area contributed by atoms with Crippen molar-refractivity contribution < 1.29 is 4.79 Å². The van der Waals surface area contributed by atoms with Crippen LogP contribution in [-0.4, -0.2) is 15.6 Å². The third kappa shape index (κ3) is 2.59. The van der Waals surface area contributed by atoms with Crippen molar-refractivity contribution in [1.29, 1.82) is 0 Å². The highest BCUT2D eigenvalue weighted by Crippen LogP contribution is 2.15. The lowest BCUT2D eigenvalue weighted by Crippen LogP contribution is -1.94. The summed E-state index contributed by atoms with van der Waals surface area (Å²) in [5.74, 6) is 6.11. The van der Waals surface area contributed by atoms with Gasteiger partial charge in [0.2, 0.25) is 0 Å². The van der Waals surface area contributed by atoms with Gasteiger partial charge in [0.05, 0.1) is 9.75 Å². The lowest BCUT2D eigenvalue weighted by molar-refractivity contribution is 0.102. The second-order valence-corrected chi connectivity index (χ2v) is 4.31. The van der Waals surface area contributed by atoms with E-state index in [2.05, 4.69) is 16.9 Å². The molecular weight excluding hydrogens is 220 g/mol. The van der Waals surface area contributed by atoms with Crippen LogP contribution in [0, 0.1) is 11.8 Å². The Kier molecular flexibility index (Phi) is 3.18. The highest BCUT2D eigenvalue weighted by atomic mass is 32.1. The number of carbonyl (C=O) groups is 1. The molecule has 0 unspecified atom stereocenters. The van der Waals surface area contributed by atoms with Crippen molar-refractivity contribution >= 4 is 17.1 Å². The molecule has 0 aromatic carbocycles. The molecule has 2 aromatic heterocycles. The van der Waals surface area contributed by atoms with E-state index in [0.29, 0.717) is 6.54 Å². The molecule has 80 valence electrons. The van der Waals surface area contributed by atoms with E-state index in [9.17, 15) is 4.79 Å². The molecule has 0 atom stereocenters. The van der Waals surface area contributed by atoms with Gasteiger partial charge in [-0.1, -0.05) is 11.8 Å². The average Bonchev–Trinajstić information content (AvgIpc) is 2.87. The third-order valence-electron chi connectivity index (χ3n) is 1.96. The molecule has 2 aromatic rings. The molecule has 2 rings (SSSR count). The van der Waals surface area contributed by atoms with E-state index in [0.717, 1.165) is 9.75 Å². The fourth-order valence-corrected chi connectivity index (χ4v) is 1.97. The second-order valence-electron chi connectivity index (χ2n) is 3.23. The molecule has 0 bridgehead atoms. The van der Waals surface area contributed by atoms with Crippen molar-refractivity contribution in [2.75, 3.05) is 0 Å². The summed E-state index contributed by atoms with van der Waals surface area (Å²) in [6.07, 6.45) is 3.59. The molecule has 0 saturated carbocycles. The summed E-state index contributed by atoms with van der Waals surface area (Å²) < 4.78 is 1.76. The summed E-state index contributed by atoms with van der Waals surface area (Å²) in [6, 6.07) is 5.54. The van der Waals surface area contributed by atoms with Crippen molar-refractivity contribution in [3.05, 3.63) is 40.3 Å². The van der Waals surface area contributed by atoms with Gasteiger partial charge in [0.1, 0.15) is 6.54 Å². The molecule has 0 aliphatic heterocycles. The molecule has 0 fully saturated rings. The van der Waals surface area contributed by atoms with Gasteiger partial charge in [0.25, 0.3) is 0 Å². The van der Waals surface area contributed by atoms with Gasteiger partial charge < -0.3 is 0 Å². The fraction of sp³-hybridized carbons (Fsp3) is 0.167. The number of aromatic nitrogens is 2. The maximum Gasteiger partial charge on any atom is 0.169 e. The van der Waals surface area contributed by atoms with Gasteiger partial charge in [0, 0.05) is 12.4 Å². The SMILES string of the molecule is CC(=O)c1ccc(C#CCn2cccn2)s1. The molecule has 4 heteroatoms. The summed E-state index contributed by atoms with van der Waals surface area (Å²) in [4.78, 5) is 12.7. The Morgan fingerprint density at radius 1 is 1.56 bits per heavy atom. The number of nitrogens with zero attached hydrogens (tertiary/aromatic N) is 2. The number of ketones is 1. The predicted molar refractivity (Wildman–Crippen MR) is 63.4 cm³/mol. The normalized spacial score (nSPS) is 9.56. The highest BCUT2D eigenvalue weighted by molar-refractivity contribution is 7.14. The van der Waals surface area contributed by atoms with E-state index in [1.54, 1.807) is 17.8 Å². The Morgan fingerprint density at radius 2 is 2.44 bits per heavy atom. The number of Topliss-reactive ketones (excluding diaryl/α,β-unsaturated/α-hetero) is 1. The van der Waals surface area contributed by atoms with Crippen molar-refractivity contribution in [1.82, 2.24) is 9.78 Å². The van der Waals surface area contributed by atoms with Gasteiger partial charge in [-0.25, -0.2) is 0 Å². The minimum absolute atomic E-state index is 0.0881. The van der Waals surface area contributed by atoms with E-state index < -0.39 is 0 Å². The highest BCUT2D eigenvalue weighted by Gasteiger charge is 2.01. The van der Waals surface area contributed by atoms with Gasteiger partial charge in [0.15, 0.2) is 5.78 Å². The second kappa shape index (κ2) is 4.77. The van der Waals surface area contributed by atoms with E-state index >= 15 is 0 Å². The fourth-order valence-electron chi connectivity index (χ4n) is 1.20. The predicted octanol–water partition coefficient (Wildman–Crippen LogP) is 2.20. The maximum absolute atomic E-state index is 11.1. The largest absolute Gasteiger partial charge is 0.294 e. The minimum Gasteiger partial charge on any atom is -0.294 e. The molecule has 0 spiro atoms. The zero-order chi connectivity index (χ0) is 11.4. The number of thiophene rings is 1. The van der Waals surface area contributed by atoms with Crippen LogP contribution in [0.4, 0.5) is 0 Å². The first-order chi connectivity index (χ1) is 7.75. The quantitative estimate of drug-likeness (QED) is 0.585. The molecule has 2 heterocycles. The van der Waals surface area contributed by atoms with Gasteiger partial charge >= 0.3 is 0 Å². The Bertz CT molecular complexity index is 543. The van der Waals surface area contributed by atoms with Crippen molar-refractivity contribution in [2.45, 2.75) is 13.5 Å². The van der Waals surface area contributed by atoms with Gasteiger partial charge in [-0.3, -0.25) is 9.48 Å². The molecule has 16 heavy (non-hydrogen) atoms. The van der Waals surface area contributed by atoms with E-state index in [4.69, 9.17) is 0 Å². The van der Waals surface area contributed by atoms with Gasteiger partial charge in [-0.15, -0.1) is 11.3 Å². The Labute approximate surface area is 97.7 Å². The summed E-state index contributed by atoms with van der Waals surface area (Å²) >= 11 is 1.43. The third-order valence-corrected chi connectivity index (χ3v) is 3.07. The molecular formula is C12H10N2OS. The first-order valence-corrected chi connectivity index (χ1v) is 5.64. The average molecular weight is 230 g/mol. The summed E-state index contributed by atoms with van der Waals surface area (Å²) in [6.45, 7) is 2.13. The Hall–Kier alpha value is -1.86. The minimum atomic E-state index is 0.0881. The zero-order valence-corrected chi connectivity index (χ0v) is 9.62. The number of hydrogen-bond donors (Lipinski definition) is 0. The summed E-state index contributed by atoms with van der Waals surface area (Å²) in [5.41, 5.74) is 0. The van der Waals surface area contributed by atoms with Crippen LogP contribution in [0.2, 0.25) is 0 Å². The molecule has 0 radical (unpaired) electrons.